The molecule has 1 aliphatic heterocycles. The fraction of sp³-hybridized carbons (Fsp3) is 0.474. The first-order valence-electron chi connectivity index (χ1n) is 9.65. The van der Waals surface area contributed by atoms with Gasteiger partial charge in [0.15, 0.2) is 4.90 Å². The second-order valence-corrected chi connectivity index (χ2v) is 9.37. The summed E-state index contributed by atoms with van der Waals surface area (Å²) in [5.41, 5.74) is 5.65. The van der Waals surface area contributed by atoms with E-state index in [0.29, 0.717) is 6.54 Å². The number of hydrogen-bond donors (Lipinski definition) is 2. The molecule has 28 heavy (non-hydrogen) atoms. The lowest BCUT2D eigenvalue weighted by molar-refractivity contribution is 0.248. The normalized spacial score (nSPS) is 19.7. The summed E-state index contributed by atoms with van der Waals surface area (Å²) in [6, 6.07) is 1.51. The Hall–Kier alpha value is -2.55. The van der Waals surface area contributed by atoms with Gasteiger partial charge in [-0.2, -0.15) is 5.10 Å². The molecule has 1 unspecified atom stereocenters. The number of benzene rings is 1. The third-order valence-corrected chi connectivity index (χ3v) is 7.04. The van der Waals surface area contributed by atoms with Crippen molar-refractivity contribution in [3.8, 4) is 5.88 Å². The zero-order valence-corrected chi connectivity index (χ0v) is 16.4. The van der Waals surface area contributed by atoms with Crippen molar-refractivity contribution in [2.45, 2.75) is 63.0 Å². The Labute approximate surface area is 163 Å². The molecule has 2 amide bonds. The average molecular weight is 402 g/mol. The maximum atomic E-state index is 12.7. The van der Waals surface area contributed by atoms with Crippen LogP contribution in [0.5, 0.6) is 5.88 Å². The summed E-state index contributed by atoms with van der Waals surface area (Å²) in [5.74, 6) is 0.175. The number of anilines is 1. The summed E-state index contributed by atoms with van der Waals surface area (Å²) in [5, 5.41) is 6.88. The molecule has 2 N–H and O–H groups in total. The minimum Gasteiger partial charge on any atom is -0.472 e. The van der Waals surface area contributed by atoms with Crippen LogP contribution in [0.4, 0.5) is 10.5 Å². The monoisotopic (exact) mass is 402 g/mol. The zero-order valence-electron chi connectivity index (χ0n) is 15.6. The van der Waals surface area contributed by atoms with Crippen molar-refractivity contribution in [2.24, 2.45) is 0 Å². The van der Waals surface area contributed by atoms with Crippen LogP contribution in [0.1, 0.15) is 42.0 Å². The lowest BCUT2D eigenvalue weighted by Gasteiger charge is -2.16. The summed E-state index contributed by atoms with van der Waals surface area (Å²) < 4.78 is 34.6. The van der Waals surface area contributed by atoms with Gasteiger partial charge in [-0.3, -0.25) is 0 Å². The SMILES string of the molecule is CC1Cn2ncc(S(=O)(=O)NC(=O)Nc3c4c(cc5c3CCC5)CCC4)c2O1. The molecule has 3 aliphatic rings. The molecule has 8 nitrogen and oxygen atoms in total. The van der Waals surface area contributed by atoms with Crippen LogP contribution in [0.15, 0.2) is 17.2 Å². The van der Waals surface area contributed by atoms with Gasteiger partial charge >= 0.3 is 6.03 Å². The highest BCUT2D eigenvalue weighted by Crippen LogP contribution is 2.38. The van der Waals surface area contributed by atoms with E-state index in [2.05, 4.69) is 21.2 Å². The van der Waals surface area contributed by atoms with E-state index in [-0.39, 0.29) is 16.9 Å². The number of aryl methyl sites for hydroxylation is 2. The first kappa shape index (κ1) is 17.5. The van der Waals surface area contributed by atoms with Crippen LogP contribution in [-0.2, 0) is 42.3 Å². The largest absolute Gasteiger partial charge is 0.472 e. The number of carbonyl (C=O) groups is 1. The smallest absolute Gasteiger partial charge is 0.333 e. The minimum absolute atomic E-state index is 0.115. The highest BCUT2D eigenvalue weighted by Gasteiger charge is 2.32. The molecular formula is C19H22N4O4S. The van der Waals surface area contributed by atoms with Gasteiger partial charge in [0.1, 0.15) is 6.10 Å². The molecule has 1 aromatic carbocycles. The van der Waals surface area contributed by atoms with Crippen molar-refractivity contribution in [1.29, 1.82) is 0 Å². The topological polar surface area (TPSA) is 102 Å². The molecule has 9 heteroatoms. The molecule has 0 radical (unpaired) electrons. The number of sulfonamides is 1. The first-order valence-corrected chi connectivity index (χ1v) is 11.1. The van der Waals surface area contributed by atoms with Gasteiger partial charge in [0.05, 0.1) is 12.7 Å². The number of amides is 2. The number of nitrogens with zero attached hydrogens (tertiary/aromatic N) is 2. The fourth-order valence-corrected chi connectivity index (χ4v) is 5.52. The van der Waals surface area contributed by atoms with Gasteiger partial charge in [-0.15, -0.1) is 0 Å². The molecule has 2 aromatic rings. The molecule has 0 saturated heterocycles. The zero-order chi connectivity index (χ0) is 19.5. The van der Waals surface area contributed by atoms with Crippen LogP contribution < -0.4 is 14.8 Å². The third-order valence-electron chi connectivity index (χ3n) is 5.73. The van der Waals surface area contributed by atoms with Crippen molar-refractivity contribution in [3.05, 3.63) is 34.5 Å². The molecule has 0 bridgehead atoms. The molecule has 148 valence electrons. The summed E-state index contributed by atoms with van der Waals surface area (Å²) in [6.45, 7) is 2.32. The highest BCUT2D eigenvalue weighted by atomic mass is 32.2. The number of hydrogen-bond acceptors (Lipinski definition) is 5. The lowest BCUT2D eigenvalue weighted by atomic mass is 9.99. The molecule has 1 aromatic heterocycles. The van der Waals surface area contributed by atoms with E-state index < -0.39 is 16.1 Å². The quantitative estimate of drug-likeness (QED) is 0.819. The molecule has 1 atom stereocenters. The van der Waals surface area contributed by atoms with Crippen molar-refractivity contribution in [3.63, 3.8) is 0 Å². The Bertz CT molecular complexity index is 1060. The van der Waals surface area contributed by atoms with Gasteiger partial charge in [0.2, 0.25) is 5.88 Å². The number of fused-ring (bicyclic) bond motifs is 3. The molecule has 0 fully saturated rings. The number of urea groups is 1. The maximum absolute atomic E-state index is 12.7. The van der Waals surface area contributed by atoms with Crippen LogP contribution in [0.25, 0.3) is 0 Å². The molecule has 2 aliphatic carbocycles. The van der Waals surface area contributed by atoms with Crippen LogP contribution in [0, 0.1) is 0 Å². The van der Waals surface area contributed by atoms with Crippen molar-refractivity contribution in [2.75, 3.05) is 5.32 Å². The molecule has 0 spiro atoms. The second kappa shape index (κ2) is 6.23. The number of aromatic nitrogens is 2. The van der Waals surface area contributed by atoms with Gasteiger partial charge in [-0.05, 0) is 67.7 Å². The number of ether oxygens (including phenoxy) is 1. The summed E-state index contributed by atoms with van der Waals surface area (Å²) in [4.78, 5) is 12.5. The van der Waals surface area contributed by atoms with E-state index in [1.54, 1.807) is 0 Å². The molecule has 0 saturated carbocycles. The number of nitrogens with one attached hydrogen (secondary N) is 2. The Morgan fingerprint density at radius 2 is 1.86 bits per heavy atom. The fourth-order valence-electron chi connectivity index (χ4n) is 4.54. The van der Waals surface area contributed by atoms with E-state index in [1.807, 2.05) is 6.92 Å². The summed E-state index contributed by atoms with van der Waals surface area (Å²) in [7, 11) is -4.08. The number of carbonyl (C=O) groups excluding carboxylic acids is 1. The molecule has 5 rings (SSSR count). The summed E-state index contributed by atoms with van der Waals surface area (Å²) >= 11 is 0. The van der Waals surface area contributed by atoms with E-state index in [1.165, 1.54) is 22.0 Å². The van der Waals surface area contributed by atoms with Crippen LogP contribution in [-0.4, -0.2) is 30.3 Å². The van der Waals surface area contributed by atoms with Gasteiger partial charge in [-0.25, -0.2) is 22.6 Å². The first-order chi connectivity index (χ1) is 13.4. The van der Waals surface area contributed by atoms with Crippen molar-refractivity contribution in [1.82, 2.24) is 14.5 Å². The molecular weight excluding hydrogens is 380 g/mol. The van der Waals surface area contributed by atoms with E-state index in [0.717, 1.165) is 55.3 Å². The lowest BCUT2D eigenvalue weighted by Crippen LogP contribution is -2.35. The number of rotatable bonds is 3. The Balaban J connectivity index is 1.41. The predicted octanol–water partition coefficient (Wildman–Crippen LogP) is 2.15. The van der Waals surface area contributed by atoms with Gasteiger partial charge in [-0.1, -0.05) is 6.07 Å². The molecule has 2 heterocycles. The predicted molar refractivity (Wildman–Crippen MR) is 102 cm³/mol. The third kappa shape index (κ3) is 2.76. The van der Waals surface area contributed by atoms with Gasteiger partial charge in [0.25, 0.3) is 10.0 Å². The van der Waals surface area contributed by atoms with Gasteiger partial charge in [0, 0.05) is 5.69 Å². The Morgan fingerprint density at radius 1 is 1.18 bits per heavy atom. The van der Waals surface area contributed by atoms with E-state index in [9.17, 15) is 13.2 Å². The van der Waals surface area contributed by atoms with Crippen LogP contribution in [0.3, 0.4) is 0 Å². The maximum Gasteiger partial charge on any atom is 0.333 e. The Kier molecular flexibility index (Phi) is 3.90. The van der Waals surface area contributed by atoms with Crippen LogP contribution in [0.2, 0.25) is 0 Å². The van der Waals surface area contributed by atoms with Crippen LogP contribution >= 0.6 is 0 Å². The highest BCUT2D eigenvalue weighted by molar-refractivity contribution is 7.90. The average Bonchev–Trinajstić information content (AvgIpc) is 3.35. The summed E-state index contributed by atoms with van der Waals surface area (Å²) in [6.07, 6.45) is 7.03. The minimum atomic E-state index is -4.08. The Morgan fingerprint density at radius 3 is 2.54 bits per heavy atom. The standard InChI is InChI=1S/C19H22N4O4S/c1-11-10-23-18(27-11)16(9-20-23)28(25,26)22-19(24)21-17-14-6-2-4-12(14)8-13-5-3-7-15(13)17/h8-9,11H,2-7,10H2,1H3,(H2,21,22,24). The van der Waals surface area contributed by atoms with Gasteiger partial charge < -0.3 is 10.1 Å². The van der Waals surface area contributed by atoms with Crippen molar-refractivity contribution < 1.29 is 17.9 Å². The second-order valence-electron chi connectivity index (χ2n) is 7.72. The van der Waals surface area contributed by atoms with E-state index >= 15 is 0 Å². The van der Waals surface area contributed by atoms with Crippen molar-refractivity contribution >= 4 is 21.7 Å². The van der Waals surface area contributed by atoms with E-state index in [4.69, 9.17) is 4.74 Å².